The Hall–Kier alpha value is -3.81. The summed E-state index contributed by atoms with van der Waals surface area (Å²) in [5.41, 5.74) is 1.18. The zero-order valence-corrected chi connectivity index (χ0v) is 15.1. The molecule has 29 heavy (non-hydrogen) atoms. The van der Waals surface area contributed by atoms with Crippen molar-refractivity contribution in [1.82, 2.24) is 0 Å². The number of benzene rings is 3. The van der Waals surface area contributed by atoms with Crippen LogP contribution in [-0.2, 0) is 11.2 Å². The van der Waals surface area contributed by atoms with Crippen molar-refractivity contribution in [3.8, 4) is 5.75 Å². The zero-order chi connectivity index (χ0) is 20.8. The van der Waals surface area contributed by atoms with Crippen molar-refractivity contribution in [2.45, 2.75) is 6.42 Å². The lowest BCUT2D eigenvalue weighted by atomic mass is 10.0. The maximum absolute atomic E-state index is 13.6. The van der Waals surface area contributed by atoms with Crippen molar-refractivity contribution < 1.29 is 23.2 Å². The van der Waals surface area contributed by atoms with Crippen molar-refractivity contribution in [3.63, 3.8) is 0 Å². The Balaban J connectivity index is 1.73. The summed E-state index contributed by atoms with van der Waals surface area (Å²) in [6.07, 6.45) is 0.367. The minimum atomic E-state index is -0.904. The van der Waals surface area contributed by atoms with E-state index in [4.69, 9.17) is 4.74 Å². The number of halogens is 2. The van der Waals surface area contributed by atoms with Gasteiger partial charge in [0.1, 0.15) is 17.4 Å². The molecule has 0 fully saturated rings. The Morgan fingerprint density at radius 2 is 1.79 bits per heavy atom. The highest BCUT2D eigenvalue weighted by Crippen LogP contribution is 2.27. The first-order valence-corrected chi connectivity index (χ1v) is 8.61. The monoisotopic (exact) mass is 398 g/mol. The molecule has 8 heteroatoms. The first-order valence-electron chi connectivity index (χ1n) is 8.61. The predicted octanol–water partition coefficient (Wildman–Crippen LogP) is 4.48. The van der Waals surface area contributed by atoms with Crippen LogP contribution in [0.2, 0.25) is 0 Å². The van der Waals surface area contributed by atoms with Crippen LogP contribution in [0.25, 0.3) is 0 Å². The largest absolute Gasteiger partial charge is 0.483 e. The topological polar surface area (TPSA) is 81.5 Å². The molecule has 0 heterocycles. The van der Waals surface area contributed by atoms with Crippen LogP contribution in [0.1, 0.15) is 11.1 Å². The number of carbonyl (C=O) groups is 1. The van der Waals surface area contributed by atoms with Gasteiger partial charge in [-0.15, -0.1) is 0 Å². The van der Waals surface area contributed by atoms with Gasteiger partial charge in [0.15, 0.2) is 6.61 Å². The summed E-state index contributed by atoms with van der Waals surface area (Å²) >= 11 is 0. The van der Waals surface area contributed by atoms with Gasteiger partial charge >= 0.3 is 0 Å². The molecule has 3 rings (SSSR count). The summed E-state index contributed by atoms with van der Waals surface area (Å²) in [6, 6.07) is 16.2. The van der Waals surface area contributed by atoms with Gasteiger partial charge in [-0.1, -0.05) is 30.3 Å². The van der Waals surface area contributed by atoms with Crippen molar-refractivity contribution in [3.05, 3.63) is 99.6 Å². The fraction of sp³-hybridized carbons (Fsp3) is 0.0952. The van der Waals surface area contributed by atoms with Crippen molar-refractivity contribution in [2.75, 3.05) is 11.9 Å². The van der Waals surface area contributed by atoms with E-state index in [1.54, 1.807) is 0 Å². The second-order valence-corrected chi connectivity index (χ2v) is 6.17. The van der Waals surface area contributed by atoms with E-state index in [0.717, 1.165) is 17.7 Å². The summed E-state index contributed by atoms with van der Waals surface area (Å²) in [6.45, 7) is -0.448. The van der Waals surface area contributed by atoms with Gasteiger partial charge < -0.3 is 10.1 Å². The molecule has 0 aliphatic heterocycles. The smallest absolute Gasteiger partial charge is 0.269 e. The lowest BCUT2D eigenvalue weighted by Crippen LogP contribution is -2.21. The van der Waals surface area contributed by atoms with Crippen molar-refractivity contribution in [1.29, 1.82) is 0 Å². The summed E-state index contributed by atoms with van der Waals surface area (Å²) in [7, 11) is 0. The highest BCUT2D eigenvalue weighted by Gasteiger charge is 2.14. The number of carbonyl (C=O) groups excluding carboxylic acids is 1. The molecule has 0 saturated heterocycles. The Labute approximate surface area is 164 Å². The van der Waals surface area contributed by atoms with Gasteiger partial charge in [0, 0.05) is 30.2 Å². The maximum Gasteiger partial charge on any atom is 0.269 e. The van der Waals surface area contributed by atoms with Crippen molar-refractivity contribution in [2.24, 2.45) is 0 Å². The molecule has 0 saturated carbocycles. The van der Waals surface area contributed by atoms with E-state index >= 15 is 0 Å². The molecule has 0 aliphatic carbocycles. The zero-order valence-electron chi connectivity index (χ0n) is 15.1. The SMILES string of the molecule is O=C(COc1ccc([N+](=O)[O-])cc1Cc1ccccc1)Nc1ccc(F)cc1F. The van der Waals surface area contributed by atoms with Crippen LogP contribution < -0.4 is 10.1 Å². The fourth-order valence-electron chi connectivity index (χ4n) is 2.69. The normalized spacial score (nSPS) is 10.4. The van der Waals surface area contributed by atoms with Gasteiger partial charge in [-0.2, -0.15) is 0 Å². The van der Waals surface area contributed by atoms with Gasteiger partial charge in [0.05, 0.1) is 10.6 Å². The quantitative estimate of drug-likeness (QED) is 0.470. The highest BCUT2D eigenvalue weighted by molar-refractivity contribution is 5.92. The van der Waals surface area contributed by atoms with Gasteiger partial charge in [-0.25, -0.2) is 8.78 Å². The number of hydrogen-bond donors (Lipinski definition) is 1. The van der Waals surface area contributed by atoms with Crippen LogP contribution in [0.15, 0.2) is 66.7 Å². The van der Waals surface area contributed by atoms with E-state index in [1.807, 2.05) is 30.3 Å². The second kappa shape index (κ2) is 8.92. The van der Waals surface area contributed by atoms with E-state index in [0.29, 0.717) is 23.8 Å². The first-order chi connectivity index (χ1) is 13.9. The molecule has 0 atom stereocenters. The lowest BCUT2D eigenvalue weighted by molar-refractivity contribution is -0.384. The number of nitrogens with zero attached hydrogens (tertiary/aromatic N) is 1. The minimum absolute atomic E-state index is 0.0962. The minimum Gasteiger partial charge on any atom is -0.483 e. The van der Waals surface area contributed by atoms with Crippen LogP contribution in [0, 0.1) is 21.7 Å². The molecule has 0 unspecified atom stereocenters. The van der Waals surface area contributed by atoms with Crippen LogP contribution in [-0.4, -0.2) is 17.4 Å². The number of non-ortho nitro benzene ring substituents is 1. The molecule has 0 bridgehead atoms. The molecule has 1 N–H and O–H groups in total. The summed E-state index contributed by atoms with van der Waals surface area (Å²) < 4.78 is 32.1. The average molecular weight is 398 g/mol. The van der Waals surface area contributed by atoms with E-state index in [1.165, 1.54) is 18.2 Å². The number of hydrogen-bond acceptors (Lipinski definition) is 4. The number of anilines is 1. The van der Waals surface area contributed by atoms with Gasteiger partial charge in [-0.3, -0.25) is 14.9 Å². The summed E-state index contributed by atoms with van der Waals surface area (Å²) in [4.78, 5) is 22.6. The molecule has 1 amide bonds. The maximum atomic E-state index is 13.6. The molecular formula is C21H16F2N2O4. The molecule has 3 aromatic carbocycles. The fourth-order valence-corrected chi connectivity index (χ4v) is 2.69. The second-order valence-electron chi connectivity index (χ2n) is 6.17. The third-order valence-electron chi connectivity index (χ3n) is 4.06. The van der Waals surface area contributed by atoms with E-state index < -0.39 is 29.1 Å². The summed E-state index contributed by atoms with van der Waals surface area (Å²) in [5.74, 6) is -2.01. The first kappa shape index (κ1) is 19.9. The molecule has 3 aromatic rings. The number of rotatable bonds is 7. The van der Waals surface area contributed by atoms with Gasteiger partial charge in [0.25, 0.3) is 11.6 Å². The number of amides is 1. The molecular weight excluding hydrogens is 382 g/mol. The Morgan fingerprint density at radius 1 is 1.03 bits per heavy atom. The van der Waals surface area contributed by atoms with Crippen LogP contribution in [0.4, 0.5) is 20.2 Å². The third-order valence-corrected chi connectivity index (χ3v) is 4.06. The number of nitro benzene ring substituents is 1. The Kier molecular flexibility index (Phi) is 6.13. The van der Waals surface area contributed by atoms with E-state index in [-0.39, 0.29) is 11.4 Å². The van der Waals surface area contributed by atoms with Crippen molar-refractivity contribution >= 4 is 17.3 Å². The number of nitrogens with one attached hydrogen (secondary N) is 1. The molecule has 0 aliphatic rings. The standard InChI is InChI=1S/C21H16F2N2O4/c22-16-6-8-19(18(23)12-16)24-21(26)13-29-20-9-7-17(25(27)28)11-15(20)10-14-4-2-1-3-5-14/h1-9,11-12H,10,13H2,(H,24,26). The molecule has 0 aromatic heterocycles. The van der Waals surface area contributed by atoms with Crippen LogP contribution in [0.5, 0.6) is 5.75 Å². The highest BCUT2D eigenvalue weighted by atomic mass is 19.1. The molecule has 0 spiro atoms. The average Bonchev–Trinajstić information content (AvgIpc) is 2.70. The van der Waals surface area contributed by atoms with E-state index in [2.05, 4.69) is 5.32 Å². The number of ether oxygens (including phenoxy) is 1. The number of nitro groups is 1. The van der Waals surface area contributed by atoms with Gasteiger partial charge in [0.2, 0.25) is 0 Å². The lowest BCUT2D eigenvalue weighted by Gasteiger charge is -2.12. The third kappa shape index (κ3) is 5.35. The molecule has 6 nitrogen and oxygen atoms in total. The predicted molar refractivity (Wildman–Crippen MR) is 103 cm³/mol. The Bertz CT molecular complexity index is 1040. The van der Waals surface area contributed by atoms with E-state index in [9.17, 15) is 23.7 Å². The van der Waals surface area contributed by atoms with Crippen LogP contribution in [0.3, 0.4) is 0 Å². The Morgan fingerprint density at radius 3 is 2.48 bits per heavy atom. The van der Waals surface area contributed by atoms with Gasteiger partial charge in [-0.05, 0) is 23.8 Å². The summed E-state index contributed by atoms with van der Waals surface area (Å²) in [5, 5.41) is 13.4. The van der Waals surface area contributed by atoms with Crippen LogP contribution >= 0.6 is 0 Å². The molecule has 0 radical (unpaired) electrons. The molecule has 148 valence electrons.